The molecular weight excluding hydrogens is 769 g/mol. The van der Waals surface area contributed by atoms with Crippen molar-refractivity contribution in [3.63, 3.8) is 0 Å². The molecule has 356 valence electrons. The Morgan fingerprint density at radius 1 is 0.339 bits per heavy atom. The van der Waals surface area contributed by atoms with Crippen molar-refractivity contribution in [2.75, 3.05) is 13.2 Å². The molecule has 0 aliphatic heterocycles. The number of carbonyl (C=O) groups excluding carboxylic acids is 3. The van der Waals surface area contributed by atoms with Crippen molar-refractivity contribution in [3.8, 4) is 0 Å². The van der Waals surface area contributed by atoms with Gasteiger partial charge in [0, 0.05) is 19.3 Å². The Morgan fingerprint density at radius 2 is 0.629 bits per heavy atom. The minimum atomic E-state index is -0.801. The molecule has 0 aliphatic carbocycles. The average Bonchev–Trinajstić information content (AvgIpc) is 3.27. The van der Waals surface area contributed by atoms with Crippen molar-refractivity contribution in [2.45, 2.75) is 252 Å². The number of hydrogen-bond acceptors (Lipinski definition) is 6. The molecule has 0 heterocycles. The van der Waals surface area contributed by atoms with Gasteiger partial charge in [-0.25, -0.2) is 0 Å². The van der Waals surface area contributed by atoms with E-state index in [1.54, 1.807) is 0 Å². The van der Waals surface area contributed by atoms with Gasteiger partial charge in [-0.1, -0.05) is 241 Å². The number of esters is 3. The average molecular weight is 865 g/mol. The maximum Gasteiger partial charge on any atom is 0.306 e. The molecule has 0 saturated heterocycles. The number of allylic oxidation sites excluding steroid dienone is 12. The minimum absolute atomic E-state index is 0.0958. The van der Waals surface area contributed by atoms with Crippen LogP contribution in [-0.4, -0.2) is 37.2 Å². The van der Waals surface area contributed by atoms with Gasteiger partial charge in [0.1, 0.15) is 13.2 Å². The van der Waals surface area contributed by atoms with Crippen molar-refractivity contribution in [1.82, 2.24) is 0 Å². The highest BCUT2D eigenvalue weighted by atomic mass is 16.6. The lowest BCUT2D eigenvalue weighted by atomic mass is 10.0. The van der Waals surface area contributed by atoms with Gasteiger partial charge in [-0.2, -0.15) is 0 Å². The van der Waals surface area contributed by atoms with Crippen molar-refractivity contribution in [1.29, 1.82) is 0 Å². The highest BCUT2D eigenvalue weighted by Crippen LogP contribution is 2.15. The summed E-state index contributed by atoms with van der Waals surface area (Å²) >= 11 is 0. The molecule has 0 aromatic rings. The van der Waals surface area contributed by atoms with E-state index in [4.69, 9.17) is 14.2 Å². The first kappa shape index (κ1) is 58.9. The van der Waals surface area contributed by atoms with E-state index in [1.807, 2.05) is 6.08 Å². The van der Waals surface area contributed by atoms with Gasteiger partial charge in [-0.3, -0.25) is 14.4 Å². The minimum Gasteiger partial charge on any atom is -0.462 e. The van der Waals surface area contributed by atoms with Crippen LogP contribution in [0.4, 0.5) is 0 Å². The summed E-state index contributed by atoms with van der Waals surface area (Å²) in [5.74, 6) is -0.982. The maximum atomic E-state index is 12.8. The maximum absolute atomic E-state index is 12.8. The second-order valence-electron chi connectivity index (χ2n) is 17.1. The van der Waals surface area contributed by atoms with Crippen LogP contribution in [-0.2, 0) is 28.6 Å². The molecule has 62 heavy (non-hydrogen) atoms. The van der Waals surface area contributed by atoms with Crippen LogP contribution < -0.4 is 0 Å². The summed E-state index contributed by atoms with van der Waals surface area (Å²) in [5.41, 5.74) is 0. The fraction of sp³-hybridized carbons (Fsp3) is 0.732. The third kappa shape index (κ3) is 47.9. The Kier molecular flexibility index (Phi) is 47.9. The molecule has 1 atom stereocenters. The van der Waals surface area contributed by atoms with Crippen LogP contribution in [0.1, 0.15) is 245 Å². The number of hydrogen-bond donors (Lipinski definition) is 0. The molecule has 0 amide bonds. The van der Waals surface area contributed by atoms with Crippen LogP contribution in [0.5, 0.6) is 0 Å². The van der Waals surface area contributed by atoms with E-state index >= 15 is 0 Å². The largest absolute Gasteiger partial charge is 0.462 e. The highest BCUT2D eigenvalue weighted by Gasteiger charge is 2.19. The highest BCUT2D eigenvalue weighted by molar-refractivity contribution is 5.71. The van der Waals surface area contributed by atoms with E-state index in [-0.39, 0.29) is 37.5 Å². The predicted octanol–water partition coefficient (Wildman–Crippen LogP) is 17.0. The number of carbonyl (C=O) groups is 3. The second-order valence-corrected chi connectivity index (χ2v) is 17.1. The van der Waals surface area contributed by atoms with E-state index < -0.39 is 6.10 Å². The summed E-state index contributed by atoms with van der Waals surface area (Å²) in [6.07, 6.45) is 63.3. The van der Waals surface area contributed by atoms with Crippen LogP contribution in [0.15, 0.2) is 72.9 Å². The van der Waals surface area contributed by atoms with E-state index in [0.717, 1.165) is 77.0 Å². The van der Waals surface area contributed by atoms with Gasteiger partial charge >= 0.3 is 17.9 Å². The van der Waals surface area contributed by atoms with Gasteiger partial charge in [0.25, 0.3) is 0 Å². The Hall–Kier alpha value is -3.15. The van der Waals surface area contributed by atoms with Crippen molar-refractivity contribution in [2.24, 2.45) is 0 Å². The first-order valence-corrected chi connectivity index (χ1v) is 25.9. The summed E-state index contributed by atoms with van der Waals surface area (Å²) < 4.78 is 16.7. The van der Waals surface area contributed by atoms with E-state index in [0.29, 0.717) is 19.3 Å². The van der Waals surface area contributed by atoms with Crippen LogP contribution in [0, 0.1) is 0 Å². The Labute approximate surface area is 382 Å². The zero-order valence-corrected chi connectivity index (χ0v) is 40.6. The summed E-state index contributed by atoms with van der Waals surface area (Å²) in [5, 5.41) is 0. The Morgan fingerprint density at radius 3 is 0.984 bits per heavy atom. The quantitative estimate of drug-likeness (QED) is 0.0262. The van der Waals surface area contributed by atoms with E-state index in [2.05, 4.69) is 87.6 Å². The molecule has 0 N–H and O–H groups in total. The fourth-order valence-electron chi connectivity index (χ4n) is 7.12. The van der Waals surface area contributed by atoms with Crippen LogP contribution in [0.2, 0.25) is 0 Å². The molecule has 0 aromatic heterocycles. The molecule has 6 nitrogen and oxygen atoms in total. The SMILES string of the molecule is CC/C=C\C/C=C\C/C=C\C/C=C\C/C=C\C/C=C\CCC(=O)OC[C@@H](COC(=O)CCCCCCCCCCC)OC(=O)CCCCCCCCCCCCCCCCCC. The fourth-order valence-corrected chi connectivity index (χ4v) is 7.12. The van der Waals surface area contributed by atoms with Gasteiger partial charge in [0.15, 0.2) is 6.10 Å². The number of rotatable bonds is 46. The first-order valence-electron chi connectivity index (χ1n) is 25.9. The van der Waals surface area contributed by atoms with Crippen LogP contribution >= 0.6 is 0 Å². The van der Waals surface area contributed by atoms with Crippen molar-refractivity contribution in [3.05, 3.63) is 72.9 Å². The van der Waals surface area contributed by atoms with Gasteiger partial charge < -0.3 is 14.2 Å². The molecule has 0 unspecified atom stereocenters. The zero-order valence-electron chi connectivity index (χ0n) is 40.6. The zero-order chi connectivity index (χ0) is 45.1. The normalized spacial score (nSPS) is 12.6. The third-order valence-electron chi connectivity index (χ3n) is 11.0. The summed E-state index contributed by atoms with van der Waals surface area (Å²) in [6, 6.07) is 0. The molecule has 0 saturated carbocycles. The monoisotopic (exact) mass is 865 g/mol. The van der Waals surface area contributed by atoms with Crippen molar-refractivity contribution >= 4 is 17.9 Å². The second kappa shape index (κ2) is 50.5. The predicted molar refractivity (Wildman–Crippen MR) is 265 cm³/mol. The topological polar surface area (TPSA) is 78.9 Å². The molecule has 6 heteroatoms. The van der Waals surface area contributed by atoms with E-state index in [9.17, 15) is 14.4 Å². The Bertz CT molecular complexity index is 1180. The Balaban J connectivity index is 4.42. The first-order chi connectivity index (χ1) is 30.5. The molecule has 0 radical (unpaired) electrons. The lowest BCUT2D eigenvalue weighted by Crippen LogP contribution is -2.30. The van der Waals surface area contributed by atoms with E-state index in [1.165, 1.54) is 122 Å². The smallest absolute Gasteiger partial charge is 0.306 e. The summed E-state index contributed by atoms with van der Waals surface area (Å²) in [6.45, 7) is 6.45. The lowest BCUT2D eigenvalue weighted by molar-refractivity contribution is -0.166. The third-order valence-corrected chi connectivity index (χ3v) is 11.0. The molecule has 0 fully saturated rings. The van der Waals surface area contributed by atoms with Gasteiger partial charge in [-0.15, -0.1) is 0 Å². The molecule has 0 spiro atoms. The standard InChI is InChI=1S/C56H96O6/c1-4-7-10-13-16-19-21-23-25-27-28-29-31-32-34-37-40-43-46-49-55(58)61-52-53(51-60-54(57)48-45-42-39-36-18-15-12-9-6-3)62-56(59)50-47-44-41-38-35-33-30-26-24-22-20-17-14-11-8-5-2/h7,10,16,19,23,25,28-29,32,34,40,43,53H,4-6,8-9,11-15,17-18,20-22,24,26-27,30-31,33,35-39,41-42,44-52H2,1-3H3/b10-7-,19-16-,25-23-,29-28-,34-32-,43-40-/t53-/m1/s1. The molecule has 0 aromatic carbocycles. The lowest BCUT2D eigenvalue weighted by Gasteiger charge is -2.18. The van der Waals surface area contributed by atoms with Crippen LogP contribution in [0.25, 0.3) is 0 Å². The van der Waals surface area contributed by atoms with Gasteiger partial charge in [0.2, 0.25) is 0 Å². The molecule has 0 aliphatic rings. The van der Waals surface area contributed by atoms with Crippen molar-refractivity contribution < 1.29 is 28.6 Å². The number of ether oxygens (including phenoxy) is 3. The van der Waals surface area contributed by atoms with Crippen LogP contribution in [0.3, 0.4) is 0 Å². The summed E-state index contributed by atoms with van der Waals surface area (Å²) in [7, 11) is 0. The molecule has 0 bridgehead atoms. The molecular formula is C56H96O6. The molecule has 0 rings (SSSR count). The van der Waals surface area contributed by atoms with Gasteiger partial charge in [-0.05, 0) is 57.8 Å². The number of unbranched alkanes of at least 4 members (excludes halogenated alkanes) is 23. The van der Waals surface area contributed by atoms with Gasteiger partial charge in [0.05, 0.1) is 0 Å². The summed E-state index contributed by atoms with van der Waals surface area (Å²) in [4.78, 5) is 37.9.